The lowest BCUT2D eigenvalue weighted by Gasteiger charge is -2.38. The summed E-state index contributed by atoms with van der Waals surface area (Å²) in [4.78, 5) is 24.1. The summed E-state index contributed by atoms with van der Waals surface area (Å²) in [5.74, 6) is -1.10. The summed E-state index contributed by atoms with van der Waals surface area (Å²) in [5, 5.41) is 21.9. The minimum Gasteiger partial charge on any atom is -0.476 e. The van der Waals surface area contributed by atoms with Crippen LogP contribution in [0.5, 0.6) is 0 Å². The van der Waals surface area contributed by atoms with Gasteiger partial charge in [0.1, 0.15) is 0 Å². The number of hydrogen-bond acceptors (Lipinski definition) is 5. The molecule has 3 N–H and O–H groups in total. The van der Waals surface area contributed by atoms with E-state index < -0.39 is 5.97 Å². The number of aromatic nitrogens is 3. The predicted octanol–water partition coefficient (Wildman–Crippen LogP) is -0.848. The van der Waals surface area contributed by atoms with Crippen molar-refractivity contribution in [2.24, 2.45) is 0 Å². The third-order valence-electron chi connectivity index (χ3n) is 3.13. The molecule has 0 radical (unpaired) electrons. The van der Waals surface area contributed by atoms with E-state index in [4.69, 9.17) is 5.11 Å². The molecule has 0 bridgehead atoms. The van der Waals surface area contributed by atoms with Gasteiger partial charge in [-0.2, -0.15) is 0 Å². The van der Waals surface area contributed by atoms with Crippen molar-refractivity contribution in [3.05, 3.63) is 11.9 Å². The zero-order chi connectivity index (χ0) is 14.5. The van der Waals surface area contributed by atoms with Crippen LogP contribution in [0.4, 0.5) is 4.79 Å². The lowest BCUT2D eigenvalue weighted by atomic mass is 10.1. The van der Waals surface area contributed by atoms with Crippen LogP contribution in [0.2, 0.25) is 0 Å². The molecule has 1 aromatic rings. The Labute approximate surface area is 115 Å². The first kappa shape index (κ1) is 14.3. The van der Waals surface area contributed by atoms with Crippen LogP contribution in [-0.2, 0) is 0 Å². The van der Waals surface area contributed by atoms with Crippen molar-refractivity contribution in [2.45, 2.75) is 12.5 Å². The molecule has 9 nitrogen and oxygen atoms in total. The zero-order valence-corrected chi connectivity index (χ0v) is 11.2. The van der Waals surface area contributed by atoms with E-state index in [0.29, 0.717) is 19.6 Å². The molecule has 1 aliphatic heterocycles. The molecule has 1 saturated heterocycles. The summed E-state index contributed by atoms with van der Waals surface area (Å²) in [6.07, 6.45) is 2.26. The number of amides is 2. The van der Waals surface area contributed by atoms with Gasteiger partial charge in [0, 0.05) is 19.6 Å². The molecule has 110 valence electrons. The van der Waals surface area contributed by atoms with Gasteiger partial charge in [-0.3, -0.25) is 0 Å². The summed E-state index contributed by atoms with van der Waals surface area (Å²) < 4.78 is 1.49. The number of carboxylic acid groups (broad SMARTS) is 1. The molecule has 2 heterocycles. The minimum absolute atomic E-state index is 0.00124. The van der Waals surface area contributed by atoms with E-state index in [-0.39, 0.29) is 17.8 Å². The van der Waals surface area contributed by atoms with Gasteiger partial charge in [0.2, 0.25) is 0 Å². The molecular weight excluding hydrogens is 264 g/mol. The zero-order valence-electron chi connectivity index (χ0n) is 11.2. The number of carbonyl (C=O) groups excluding carboxylic acids is 1. The summed E-state index contributed by atoms with van der Waals surface area (Å²) in [6, 6.07) is -0.102. The van der Waals surface area contributed by atoms with E-state index >= 15 is 0 Å². The molecule has 0 aliphatic carbocycles. The van der Waals surface area contributed by atoms with E-state index in [1.54, 1.807) is 4.90 Å². The van der Waals surface area contributed by atoms with Gasteiger partial charge in [-0.05, 0) is 20.0 Å². The third kappa shape index (κ3) is 3.23. The van der Waals surface area contributed by atoms with Gasteiger partial charge in [-0.25, -0.2) is 14.3 Å². The molecule has 2 amide bonds. The van der Waals surface area contributed by atoms with Crippen LogP contribution in [0.1, 0.15) is 23.0 Å². The molecule has 0 saturated carbocycles. The van der Waals surface area contributed by atoms with Gasteiger partial charge in [0.15, 0.2) is 5.69 Å². The van der Waals surface area contributed by atoms with Gasteiger partial charge in [0.25, 0.3) is 0 Å². The lowest BCUT2D eigenvalue weighted by Crippen LogP contribution is -2.54. The first-order valence-corrected chi connectivity index (χ1v) is 6.44. The Balaban J connectivity index is 1.73. The highest BCUT2D eigenvalue weighted by molar-refractivity contribution is 5.84. The maximum Gasteiger partial charge on any atom is 0.358 e. The normalized spacial score (nSPS) is 14.9. The molecule has 0 aromatic carbocycles. The number of carboxylic acids is 1. The van der Waals surface area contributed by atoms with Crippen LogP contribution in [0.25, 0.3) is 0 Å². The fourth-order valence-electron chi connectivity index (χ4n) is 1.91. The Morgan fingerprint density at radius 1 is 1.45 bits per heavy atom. The summed E-state index contributed by atoms with van der Waals surface area (Å²) in [6.45, 7) is 2.52. The maximum absolute atomic E-state index is 11.7. The van der Waals surface area contributed by atoms with E-state index in [9.17, 15) is 9.59 Å². The van der Waals surface area contributed by atoms with Gasteiger partial charge < -0.3 is 20.6 Å². The number of likely N-dealkylation sites (tertiary alicyclic amines) is 1. The van der Waals surface area contributed by atoms with Crippen LogP contribution in [0.15, 0.2) is 6.20 Å². The predicted molar refractivity (Wildman–Crippen MR) is 69.5 cm³/mol. The average Bonchev–Trinajstić information content (AvgIpc) is 2.82. The second kappa shape index (κ2) is 6.33. The van der Waals surface area contributed by atoms with Crippen molar-refractivity contribution in [2.75, 3.05) is 33.2 Å². The highest BCUT2D eigenvalue weighted by Crippen LogP contribution is 2.20. The highest BCUT2D eigenvalue weighted by Gasteiger charge is 2.32. The molecule has 0 atom stereocenters. The monoisotopic (exact) mass is 282 g/mol. The molecule has 9 heteroatoms. The molecule has 1 aromatic heterocycles. The minimum atomic E-state index is -1.10. The van der Waals surface area contributed by atoms with Crippen molar-refractivity contribution in [3.8, 4) is 0 Å². The van der Waals surface area contributed by atoms with E-state index in [2.05, 4.69) is 20.9 Å². The van der Waals surface area contributed by atoms with Crippen molar-refractivity contribution >= 4 is 12.0 Å². The first-order valence-electron chi connectivity index (χ1n) is 6.44. The highest BCUT2D eigenvalue weighted by atomic mass is 16.4. The van der Waals surface area contributed by atoms with Crippen LogP contribution in [0.3, 0.4) is 0 Å². The summed E-state index contributed by atoms with van der Waals surface area (Å²) in [7, 11) is 1.87. The SMILES string of the molecule is CNCCCNC(=O)N1CC(n2cc(C(=O)O)nn2)C1. The maximum atomic E-state index is 11.7. The van der Waals surface area contributed by atoms with Crippen molar-refractivity contribution in [1.82, 2.24) is 30.5 Å². The molecule has 1 fully saturated rings. The smallest absolute Gasteiger partial charge is 0.358 e. The van der Waals surface area contributed by atoms with Gasteiger partial charge in [0.05, 0.1) is 12.2 Å². The number of rotatable bonds is 6. The summed E-state index contributed by atoms with van der Waals surface area (Å²) >= 11 is 0. The molecule has 20 heavy (non-hydrogen) atoms. The Morgan fingerprint density at radius 3 is 2.80 bits per heavy atom. The van der Waals surface area contributed by atoms with Crippen LogP contribution >= 0.6 is 0 Å². The topological polar surface area (TPSA) is 112 Å². The number of hydrogen-bond donors (Lipinski definition) is 3. The van der Waals surface area contributed by atoms with Crippen LogP contribution in [0, 0.1) is 0 Å². The number of aromatic carboxylic acids is 1. The standard InChI is InChI=1S/C11H18N6O3/c1-12-3-2-4-13-11(20)16-5-8(6-16)17-7-9(10(18)19)14-15-17/h7-8,12H,2-6H2,1H3,(H,13,20)(H,18,19). The van der Waals surface area contributed by atoms with Crippen molar-refractivity contribution < 1.29 is 14.7 Å². The molecule has 0 spiro atoms. The second-order valence-corrected chi connectivity index (χ2v) is 4.64. The van der Waals surface area contributed by atoms with Crippen molar-refractivity contribution in [3.63, 3.8) is 0 Å². The van der Waals surface area contributed by atoms with Crippen LogP contribution < -0.4 is 10.6 Å². The Bertz CT molecular complexity index is 482. The van der Waals surface area contributed by atoms with E-state index in [1.807, 2.05) is 7.05 Å². The number of nitrogens with one attached hydrogen (secondary N) is 2. The molecule has 2 rings (SSSR count). The van der Waals surface area contributed by atoms with Crippen molar-refractivity contribution in [1.29, 1.82) is 0 Å². The number of nitrogens with zero attached hydrogens (tertiary/aromatic N) is 4. The van der Waals surface area contributed by atoms with Gasteiger partial charge >= 0.3 is 12.0 Å². The molecular formula is C11H18N6O3. The van der Waals surface area contributed by atoms with Gasteiger partial charge in [-0.15, -0.1) is 5.10 Å². The average molecular weight is 282 g/mol. The fourth-order valence-corrected chi connectivity index (χ4v) is 1.91. The van der Waals surface area contributed by atoms with Crippen LogP contribution in [-0.4, -0.2) is 70.2 Å². The number of carbonyl (C=O) groups is 2. The first-order chi connectivity index (χ1) is 9.61. The Hall–Kier alpha value is -2.16. The third-order valence-corrected chi connectivity index (χ3v) is 3.13. The molecule has 0 unspecified atom stereocenters. The lowest BCUT2D eigenvalue weighted by molar-refractivity contribution is 0.0690. The quantitative estimate of drug-likeness (QED) is 0.586. The number of urea groups is 1. The van der Waals surface area contributed by atoms with E-state index in [1.165, 1.54) is 10.9 Å². The van der Waals surface area contributed by atoms with Gasteiger partial charge in [-0.1, -0.05) is 5.21 Å². The van der Waals surface area contributed by atoms with E-state index in [0.717, 1.165) is 13.0 Å². The largest absolute Gasteiger partial charge is 0.476 e. The second-order valence-electron chi connectivity index (χ2n) is 4.64. The fraction of sp³-hybridized carbons (Fsp3) is 0.636. The summed E-state index contributed by atoms with van der Waals surface area (Å²) in [5.41, 5.74) is -0.0834. The Morgan fingerprint density at radius 2 is 2.20 bits per heavy atom. The Kier molecular flexibility index (Phi) is 4.51. The molecule has 1 aliphatic rings.